The molecule has 1 atom stereocenters. The van der Waals surface area contributed by atoms with Crippen LogP contribution in [-0.2, 0) is 21.3 Å². The van der Waals surface area contributed by atoms with Crippen LogP contribution in [0.25, 0.3) is 0 Å². The van der Waals surface area contributed by atoms with E-state index in [1.165, 1.54) is 4.31 Å². The van der Waals surface area contributed by atoms with Crippen molar-refractivity contribution in [2.24, 2.45) is 5.73 Å². The zero-order chi connectivity index (χ0) is 18.8. The quantitative estimate of drug-likeness (QED) is 0.876. The smallest absolute Gasteiger partial charge is 0.410 e. The number of nitrogens with two attached hydrogens (primary N) is 1. The molecule has 2 N–H and O–H groups in total. The Balaban J connectivity index is 2.09. The van der Waals surface area contributed by atoms with E-state index in [9.17, 15) is 13.2 Å². The molecule has 0 aromatic heterocycles. The maximum Gasteiger partial charge on any atom is 0.410 e. The molecule has 1 aromatic rings. The summed E-state index contributed by atoms with van der Waals surface area (Å²) in [5, 5.41) is 0. The normalized spacial score (nSPS) is 19.7. The summed E-state index contributed by atoms with van der Waals surface area (Å²) in [6.07, 6.45) is -0.413. The van der Waals surface area contributed by atoms with E-state index < -0.39 is 21.7 Å². The lowest BCUT2D eigenvalue weighted by atomic mass is 10.2. The minimum atomic E-state index is -3.59. The van der Waals surface area contributed by atoms with Crippen LogP contribution in [0.1, 0.15) is 33.3 Å². The second-order valence-electron chi connectivity index (χ2n) is 7.23. The van der Waals surface area contributed by atoms with Gasteiger partial charge in [0.1, 0.15) is 5.60 Å². The summed E-state index contributed by atoms with van der Waals surface area (Å²) < 4.78 is 32.4. The minimum Gasteiger partial charge on any atom is -0.444 e. The molecule has 8 heteroatoms. The zero-order valence-electron chi connectivity index (χ0n) is 15.2. The van der Waals surface area contributed by atoms with Gasteiger partial charge in [-0.2, -0.15) is 4.31 Å². The first kappa shape index (κ1) is 19.7. The predicted molar refractivity (Wildman–Crippen MR) is 95.5 cm³/mol. The fourth-order valence-electron chi connectivity index (χ4n) is 2.68. The second kappa shape index (κ2) is 7.31. The number of rotatable bonds is 3. The van der Waals surface area contributed by atoms with Crippen molar-refractivity contribution < 1.29 is 17.9 Å². The summed E-state index contributed by atoms with van der Waals surface area (Å²) in [7, 11) is -3.59. The van der Waals surface area contributed by atoms with Gasteiger partial charge in [0, 0.05) is 32.2 Å². The molecule has 0 unspecified atom stereocenters. The molecule has 7 nitrogen and oxygen atoms in total. The minimum absolute atomic E-state index is 0.236. The number of ether oxygens (including phenoxy) is 1. The van der Waals surface area contributed by atoms with Gasteiger partial charge in [0.05, 0.1) is 4.90 Å². The summed E-state index contributed by atoms with van der Waals surface area (Å²) in [5.74, 6) is 0. The number of hydrogen-bond acceptors (Lipinski definition) is 5. The third-order valence-corrected chi connectivity index (χ3v) is 5.89. The van der Waals surface area contributed by atoms with Crippen molar-refractivity contribution in [2.75, 3.05) is 19.6 Å². The largest absolute Gasteiger partial charge is 0.444 e. The number of hydrogen-bond donors (Lipinski definition) is 1. The number of piperazine rings is 1. The fraction of sp³-hybridized carbons (Fsp3) is 0.588. The first-order valence-corrected chi connectivity index (χ1v) is 9.77. The van der Waals surface area contributed by atoms with Crippen molar-refractivity contribution in [1.82, 2.24) is 9.21 Å². The Kier molecular flexibility index (Phi) is 5.75. The van der Waals surface area contributed by atoms with Crippen molar-refractivity contribution in [3.63, 3.8) is 0 Å². The van der Waals surface area contributed by atoms with E-state index in [2.05, 4.69) is 0 Å². The van der Waals surface area contributed by atoms with Gasteiger partial charge >= 0.3 is 6.09 Å². The van der Waals surface area contributed by atoms with Crippen LogP contribution < -0.4 is 5.73 Å². The van der Waals surface area contributed by atoms with Gasteiger partial charge in [-0.15, -0.1) is 0 Å². The molecule has 2 rings (SSSR count). The number of carbonyl (C=O) groups is 1. The third-order valence-electron chi connectivity index (χ3n) is 4.02. The lowest BCUT2D eigenvalue weighted by molar-refractivity contribution is 0.00859. The van der Waals surface area contributed by atoms with Crippen LogP contribution in [0.3, 0.4) is 0 Å². The highest BCUT2D eigenvalue weighted by Gasteiger charge is 2.35. The van der Waals surface area contributed by atoms with E-state index in [0.29, 0.717) is 13.1 Å². The SMILES string of the molecule is C[C@@H]1CN(S(=O)(=O)c2ccc(CN)cc2)CCN1C(=O)OC(C)(C)C. The molecule has 1 fully saturated rings. The Bertz CT molecular complexity index is 710. The molecule has 1 amide bonds. The van der Waals surface area contributed by atoms with Gasteiger partial charge < -0.3 is 15.4 Å². The molecule has 0 radical (unpaired) electrons. The molecule has 1 saturated heterocycles. The van der Waals surface area contributed by atoms with Gasteiger partial charge in [-0.05, 0) is 45.4 Å². The van der Waals surface area contributed by atoms with Crippen molar-refractivity contribution in [3.05, 3.63) is 29.8 Å². The van der Waals surface area contributed by atoms with Crippen LogP contribution >= 0.6 is 0 Å². The van der Waals surface area contributed by atoms with Crippen LogP contribution in [0.4, 0.5) is 4.79 Å². The molecular formula is C17H27N3O4S. The average molecular weight is 369 g/mol. The summed E-state index contributed by atoms with van der Waals surface area (Å²) in [6, 6.07) is 6.31. The Morgan fingerprint density at radius 2 is 1.84 bits per heavy atom. The van der Waals surface area contributed by atoms with E-state index in [1.54, 1.807) is 49.9 Å². The molecule has 1 aliphatic rings. The Hall–Kier alpha value is -1.64. The number of nitrogens with zero attached hydrogens (tertiary/aromatic N) is 2. The Morgan fingerprint density at radius 3 is 2.32 bits per heavy atom. The second-order valence-corrected chi connectivity index (χ2v) is 9.17. The Labute approximate surface area is 149 Å². The molecule has 0 bridgehead atoms. The zero-order valence-corrected chi connectivity index (χ0v) is 16.0. The maximum absolute atomic E-state index is 12.8. The molecule has 1 heterocycles. The number of benzene rings is 1. The van der Waals surface area contributed by atoms with E-state index >= 15 is 0 Å². The van der Waals surface area contributed by atoms with E-state index in [0.717, 1.165) is 5.56 Å². The summed E-state index contributed by atoms with van der Waals surface area (Å²) in [4.78, 5) is 14.1. The molecule has 1 aliphatic heterocycles. The molecule has 1 aromatic carbocycles. The van der Waals surface area contributed by atoms with Crippen molar-refractivity contribution in [3.8, 4) is 0 Å². The molecule has 0 spiro atoms. The van der Waals surface area contributed by atoms with Gasteiger partial charge in [-0.1, -0.05) is 12.1 Å². The van der Waals surface area contributed by atoms with Crippen LogP contribution in [0.5, 0.6) is 0 Å². The monoisotopic (exact) mass is 369 g/mol. The highest BCUT2D eigenvalue weighted by Crippen LogP contribution is 2.22. The van der Waals surface area contributed by atoms with Gasteiger partial charge in [-0.3, -0.25) is 0 Å². The first-order chi connectivity index (χ1) is 11.5. The third kappa shape index (κ3) is 4.71. The van der Waals surface area contributed by atoms with E-state index in [-0.39, 0.29) is 24.0 Å². The van der Waals surface area contributed by atoms with Crippen molar-refractivity contribution in [1.29, 1.82) is 0 Å². The first-order valence-electron chi connectivity index (χ1n) is 8.33. The van der Waals surface area contributed by atoms with Crippen molar-refractivity contribution in [2.45, 2.75) is 50.8 Å². The van der Waals surface area contributed by atoms with Crippen LogP contribution in [0.2, 0.25) is 0 Å². The predicted octanol–water partition coefficient (Wildman–Crippen LogP) is 1.78. The molecule has 140 valence electrons. The van der Waals surface area contributed by atoms with Gasteiger partial charge in [-0.25, -0.2) is 13.2 Å². The lowest BCUT2D eigenvalue weighted by Crippen LogP contribution is -2.56. The van der Waals surface area contributed by atoms with Crippen LogP contribution in [0, 0.1) is 0 Å². The average Bonchev–Trinajstić information content (AvgIpc) is 2.53. The number of amides is 1. The lowest BCUT2D eigenvalue weighted by Gasteiger charge is -2.39. The highest BCUT2D eigenvalue weighted by atomic mass is 32.2. The van der Waals surface area contributed by atoms with Crippen molar-refractivity contribution >= 4 is 16.1 Å². The highest BCUT2D eigenvalue weighted by molar-refractivity contribution is 7.89. The van der Waals surface area contributed by atoms with Gasteiger partial charge in [0.25, 0.3) is 0 Å². The molecular weight excluding hydrogens is 342 g/mol. The fourth-order valence-corrected chi connectivity index (χ4v) is 4.19. The maximum atomic E-state index is 12.8. The molecule has 0 saturated carbocycles. The number of carbonyl (C=O) groups excluding carboxylic acids is 1. The number of sulfonamides is 1. The van der Waals surface area contributed by atoms with E-state index in [4.69, 9.17) is 10.5 Å². The summed E-state index contributed by atoms with van der Waals surface area (Å²) >= 11 is 0. The van der Waals surface area contributed by atoms with E-state index in [1.807, 2.05) is 6.92 Å². The topological polar surface area (TPSA) is 92.9 Å². The molecule has 0 aliphatic carbocycles. The van der Waals surface area contributed by atoms with Crippen LogP contribution in [-0.4, -0.2) is 55.0 Å². The summed E-state index contributed by atoms with van der Waals surface area (Å²) in [5.41, 5.74) is 5.85. The van der Waals surface area contributed by atoms with Gasteiger partial charge in [0.15, 0.2) is 0 Å². The Morgan fingerprint density at radius 1 is 1.24 bits per heavy atom. The molecule has 25 heavy (non-hydrogen) atoms. The van der Waals surface area contributed by atoms with Gasteiger partial charge in [0.2, 0.25) is 10.0 Å². The standard InChI is InChI=1S/C17H27N3O4S/c1-13-12-19(9-10-20(13)16(21)24-17(2,3)4)25(22,23)15-7-5-14(11-18)6-8-15/h5-8,13H,9-12,18H2,1-4H3/t13-/m1/s1. The summed E-state index contributed by atoms with van der Waals surface area (Å²) in [6.45, 7) is 8.39. The van der Waals surface area contributed by atoms with Crippen LogP contribution in [0.15, 0.2) is 29.2 Å².